The predicted octanol–water partition coefficient (Wildman–Crippen LogP) is 4.26. The highest BCUT2D eigenvalue weighted by Crippen LogP contribution is 2.27. The summed E-state index contributed by atoms with van der Waals surface area (Å²) in [4.78, 5) is 13.1. The normalized spacial score (nSPS) is 18.5. The molecular weight excluding hydrogens is 419 g/mol. The number of carbonyl (C=O) groups is 1. The zero-order chi connectivity index (χ0) is 22.9. The van der Waals surface area contributed by atoms with E-state index in [9.17, 15) is 14.3 Å². The van der Waals surface area contributed by atoms with E-state index >= 15 is 0 Å². The van der Waals surface area contributed by atoms with Crippen molar-refractivity contribution in [3.63, 3.8) is 0 Å². The van der Waals surface area contributed by atoms with E-state index in [-0.39, 0.29) is 11.9 Å². The molecule has 0 radical (unpaired) electrons. The number of halogens is 1. The Kier molecular flexibility index (Phi) is 5.72. The summed E-state index contributed by atoms with van der Waals surface area (Å²) in [5.74, 6) is -0.774. The van der Waals surface area contributed by atoms with Crippen LogP contribution in [0.25, 0.3) is 22.0 Å². The van der Waals surface area contributed by atoms with Gasteiger partial charge in [0.2, 0.25) is 0 Å². The summed E-state index contributed by atoms with van der Waals surface area (Å²) in [6.07, 6.45) is 8.27. The van der Waals surface area contributed by atoms with Gasteiger partial charge in [-0.3, -0.25) is 9.48 Å². The summed E-state index contributed by atoms with van der Waals surface area (Å²) in [6.45, 7) is 0.493. The van der Waals surface area contributed by atoms with Crippen molar-refractivity contribution in [3.8, 4) is 11.1 Å². The van der Waals surface area contributed by atoms with E-state index < -0.39 is 11.9 Å². The number of nitrogens with zero attached hydrogens (tertiary/aromatic N) is 3. The molecule has 0 bridgehead atoms. The topological polar surface area (TPSA) is 72.1 Å². The smallest absolute Gasteiger partial charge is 0.253 e. The van der Waals surface area contributed by atoms with Crippen molar-refractivity contribution in [2.75, 3.05) is 0 Å². The molecule has 2 aromatic carbocycles. The molecule has 1 saturated carbocycles. The van der Waals surface area contributed by atoms with Gasteiger partial charge < -0.3 is 15.0 Å². The Morgan fingerprint density at radius 3 is 2.76 bits per heavy atom. The van der Waals surface area contributed by atoms with E-state index in [0.29, 0.717) is 29.4 Å². The molecular formula is C26H27FN4O2. The molecule has 1 aliphatic rings. The lowest BCUT2D eigenvalue weighted by Crippen LogP contribution is -2.45. The van der Waals surface area contributed by atoms with Crippen LogP contribution in [-0.2, 0) is 13.6 Å². The largest absolute Gasteiger partial charge is 0.391 e. The fourth-order valence-corrected chi connectivity index (χ4v) is 4.75. The Bertz CT molecular complexity index is 1310. The molecule has 0 unspecified atom stereocenters. The quantitative estimate of drug-likeness (QED) is 0.481. The molecule has 1 fully saturated rings. The van der Waals surface area contributed by atoms with Crippen LogP contribution in [0.15, 0.2) is 61.1 Å². The Morgan fingerprint density at radius 1 is 1.15 bits per heavy atom. The SMILES string of the molecule is Cn1cc(-c2cccc(Cn3cc(C(=O)N[C@H]4CCCC[C@@H]4O)c4c(F)cccc43)c2)cn1. The maximum atomic E-state index is 14.9. The molecule has 7 heteroatoms. The van der Waals surface area contributed by atoms with Gasteiger partial charge in [-0.25, -0.2) is 4.39 Å². The zero-order valence-corrected chi connectivity index (χ0v) is 18.5. The first-order valence-electron chi connectivity index (χ1n) is 11.3. The number of rotatable bonds is 5. The van der Waals surface area contributed by atoms with Gasteiger partial charge in [-0.2, -0.15) is 5.10 Å². The first kappa shape index (κ1) is 21.4. The third-order valence-corrected chi connectivity index (χ3v) is 6.46. The van der Waals surface area contributed by atoms with Gasteiger partial charge in [0.05, 0.1) is 29.4 Å². The minimum Gasteiger partial charge on any atom is -0.391 e. The second-order valence-electron chi connectivity index (χ2n) is 8.84. The van der Waals surface area contributed by atoms with Crippen molar-refractivity contribution in [3.05, 3.63) is 78.0 Å². The Labute approximate surface area is 191 Å². The first-order chi connectivity index (χ1) is 16.0. The molecule has 1 aliphatic carbocycles. The monoisotopic (exact) mass is 446 g/mol. The molecule has 2 N–H and O–H groups in total. The van der Waals surface area contributed by atoms with Gasteiger partial charge in [0.15, 0.2) is 0 Å². The highest BCUT2D eigenvalue weighted by atomic mass is 19.1. The van der Waals surface area contributed by atoms with Crippen LogP contribution in [-0.4, -0.2) is 37.5 Å². The number of hydrogen-bond donors (Lipinski definition) is 2. The number of nitrogens with one attached hydrogen (secondary N) is 1. The molecule has 2 heterocycles. The summed E-state index contributed by atoms with van der Waals surface area (Å²) >= 11 is 0. The molecule has 0 aliphatic heterocycles. The number of aliphatic hydroxyl groups is 1. The lowest BCUT2D eigenvalue weighted by atomic mass is 9.92. The van der Waals surface area contributed by atoms with Crippen molar-refractivity contribution in [2.24, 2.45) is 7.05 Å². The van der Waals surface area contributed by atoms with Crippen LogP contribution in [0.2, 0.25) is 0 Å². The van der Waals surface area contributed by atoms with E-state index in [1.807, 2.05) is 48.3 Å². The van der Waals surface area contributed by atoms with Gasteiger partial charge >= 0.3 is 0 Å². The fourth-order valence-electron chi connectivity index (χ4n) is 4.75. The van der Waals surface area contributed by atoms with Crippen LogP contribution >= 0.6 is 0 Å². The number of carbonyl (C=O) groups excluding carboxylic acids is 1. The van der Waals surface area contributed by atoms with E-state index in [2.05, 4.69) is 16.5 Å². The Morgan fingerprint density at radius 2 is 1.97 bits per heavy atom. The lowest BCUT2D eigenvalue weighted by Gasteiger charge is -2.28. The Hall–Kier alpha value is -3.45. The molecule has 1 amide bonds. The number of aryl methyl sites for hydroxylation is 1. The van der Waals surface area contributed by atoms with Crippen molar-refractivity contribution in [1.29, 1.82) is 0 Å². The predicted molar refractivity (Wildman–Crippen MR) is 125 cm³/mol. The van der Waals surface area contributed by atoms with Crippen molar-refractivity contribution >= 4 is 16.8 Å². The van der Waals surface area contributed by atoms with Crippen molar-refractivity contribution < 1.29 is 14.3 Å². The standard InChI is InChI=1S/C26H27FN4O2/c1-30-15-19(13-28-30)18-7-4-6-17(12-18)14-31-16-20(25-21(27)8-5-10-23(25)31)26(33)29-22-9-2-3-11-24(22)32/h4-8,10,12-13,15-16,22,24,32H,2-3,9,11,14H2,1H3,(H,29,33)/t22-,24-/m0/s1. The second-order valence-corrected chi connectivity index (χ2v) is 8.84. The number of fused-ring (bicyclic) bond motifs is 1. The minimum atomic E-state index is -0.559. The summed E-state index contributed by atoms with van der Waals surface area (Å²) in [6, 6.07) is 12.7. The number of aliphatic hydroxyl groups excluding tert-OH is 1. The van der Waals surface area contributed by atoms with Crippen LogP contribution in [0.1, 0.15) is 41.6 Å². The molecule has 6 nitrogen and oxygen atoms in total. The molecule has 170 valence electrons. The van der Waals surface area contributed by atoms with Gasteiger partial charge in [0.25, 0.3) is 5.91 Å². The average Bonchev–Trinajstić information content (AvgIpc) is 3.40. The van der Waals surface area contributed by atoms with E-state index in [0.717, 1.165) is 36.0 Å². The van der Waals surface area contributed by atoms with E-state index in [4.69, 9.17) is 0 Å². The van der Waals surface area contributed by atoms with Crippen molar-refractivity contribution in [2.45, 2.75) is 44.4 Å². The molecule has 0 saturated heterocycles. The number of aromatic nitrogens is 3. The number of hydrogen-bond acceptors (Lipinski definition) is 3. The molecule has 33 heavy (non-hydrogen) atoms. The minimum absolute atomic E-state index is 0.296. The van der Waals surface area contributed by atoms with Gasteiger partial charge in [0.1, 0.15) is 5.82 Å². The molecule has 2 aromatic heterocycles. The summed E-state index contributed by atoms with van der Waals surface area (Å²) in [5, 5.41) is 17.7. The molecule has 5 rings (SSSR count). The molecule has 0 spiro atoms. The highest BCUT2D eigenvalue weighted by Gasteiger charge is 2.27. The zero-order valence-electron chi connectivity index (χ0n) is 18.5. The molecule has 2 atom stereocenters. The summed E-state index contributed by atoms with van der Waals surface area (Å²) in [5.41, 5.74) is 4.06. The third kappa shape index (κ3) is 4.28. The second kappa shape index (κ2) is 8.83. The van der Waals surface area contributed by atoms with Crippen LogP contribution < -0.4 is 5.32 Å². The van der Waals surface area contributed by atoms with Crippen LogP contribution in [0.3, 0.4) is 0 Å². The maximum Gasteiger partial charge on any atom is 0.253 e. The van der Waals surface area contributed by atoms with Gasteiger partial charge in [-0.05, 0) is 42.2 Å². The maximum absolute atomic E-state index is 14.9. The first-order valence-corrected chi connectivity index (χ1v) is 11.3. The third-order valence-electron chi connectivity index (χ3n) is 6.46. The number of benzene rings is 2. The highest BCUT2D eigenvalue weighted by molar-refractivity contribution is 6.07. The van der Waals surface area contributed by atoms with E-state index in [1.54, 1.807) is 16.9 Å². The van der Waals surface area contributed by atoms with Crippen LogP contribution in [0.5, 0.6) is 0 Å². The fraction of sp³-hybridized carbons (Fsp3) is 0.308. The Balaban J connectivity index is 1.47. The summed E-state index contributed by atoms with van der Waals surface area (Å²) < 4.78 is 18.5. The van der Waals surface area contributed by atoms with Crippen LogP contribution in [0.4, 0.5) is 4.39 Å². The van der Waals surface area contributed by atoms with Gasteiger partial charge in [0, 0.05) is 36.9 Å². The average molecular weight is 447 g/mol. The van der Waals surface area contributed by atoms with Crippen molar-refractivity contribution in [1.82, 2.24) is 19.7 Å². The van der Waals surface area contributed by atoms with E-state index in [1.165, 1.54) is 6.07 Å². The lowest BCUT2D eigenvalue weighted by molar-refractivity contribution is 0.0718. The van der Waals surface area contributed by atoms with Gasteiger partial charge in [-0.15, -0.1) is 0 Å². The van der Waals surface area contributed by atoms with Gasteiger partial charge in [-0.1, -0.05) is 37.1 Å². The molecule has 4 aromatic rings. The van der Waals surface area contributed by atoms with Crippen LogP contribution in [0, 0.1) is 5.82 Å². The number of amides is 1. The summed E-state index contributed by atoms with van der Waals surface area (Å²) in [7, 11) is 1.88.